The fraction of sp³-hybridized carbons (Fsp3) is 0.500. The van der Waals surface area contributed by atoms with Crippen LogP contribution < -0.4 is 15.0 Å². The summed E-state index contributed by atoms with van der Waals surface area (Å²) >= 11 is 0. The van der Waals surface area contributed by atoms with Crippen molar-refractivity contribution in [3.63, 3.8) is 0 Å². The number of carbonyl (C=O) groups is 1. The lowest BCUT2D eigenvalue weighted by Gasteiger charge is -2.21. The zero-order valence-electron chi connectivity index (χ0n) is 11.8. The minimum absolute atomic E-state index is 0.0547. The summed E-state index contributed by atoms with van der Waals surface area (Å²) in [7, 11) is 5.35. The van der Waals surface area contributed by atoms with Crippen molar-refractivity contribution in [2.24, 2.45) is 0 Å². The van der Waals surface area contributed by atoms with E-state index in [0.717, 1.165) is 22.8 Å². The fourth-order valence-corrected chi connectivity index (χ4v) is 1.94. The van der Waals surface area contributed by atoms with Gasteiger partial charge in [-0.25, -0.2) is 0 Å². The Bertz CT molecular complexity index is 418. The van der Waals surface area contributed by atoms with Crippen LogP contribution in [0.15, 0.2) is 18.2 Å². The van der Waals surface area contributed by atoms with E-state index in [1.807, 2.05) is 26.1 Å². The Morgan fingerprint density at radius 1 is 1.50 bits per heavy atom. The van der Waals surface area contributed by atoms with Crippen molar-refractivity contribution in [3.8, 4) is 5.75 Å². The summed E-state index contributed by atoms with van der Waals surface area (Å²) in [5.41, 5.74) is 2.33. The van der Waals surface area contributed by atoms with Crippen molar-refractivity contribution in [3.05, 3.63) is 29.3 Å². The van der Waals surface area contributed by atoms with Crippen molar-refractivity contribution in [2.75, 3.05) is 21.2 Å². The Morgan fingerprint density at radius 2 is 2.17 bits per heavy atom. The first-order valence-corrected chi connectivity index (χ1v) is 6.17. The Hall–Kier alpha value is -1.55. The third-order valence-electron chi connectivity index (χ3n) is 3.28. The molecule has 1 aromatic carbocycles. The highest BCUT2D eigenvalue weighted by Gasteiger charge is 2.21. The number of benzene rings is 1. The summed E-state index contributed by atoms with van der Waals surface area (Å²) in [5.74, 6) is 0.933. The minimum Gasteiger partial charge on any atom is -0.496 e. The molecule has 1 aromatic rings. The number of carbonyl (C=O) groups excluding carboxylic acids is 1. The van der Waals surface area contributed by atoms with Gasteiger partial charge in [0.05, 0.1) is 14.2 Å². The van der Waals surface area contributed by atoms with Crippen LogP contribution in [-0.2, 0) is 11.3 Å². The molecule has 0 saturated carbocycles. The maximum absolute atomic E-state index is 11.6. The van der Waals surface area contributed by atoms with Crippen LogP contribution >= 0.6 is 0 Å². The van der Waals surface area contributed by atoms with E-state index in [0.29, 0.717) is 0 Å². The van der Waals surface area contributed by atoms with Crippen LogP contribution in [0.3, 0.4) is 0 Å². The molecule has 0 aliphatic heterocycles. The van der Waals surface area contributed by atoms with Crippen molar-refractivity contribution < 1.29 is 14.4 Å². The molecule has 0 fully saturated rings. The maximum atomic E-state index is 11.6. The number of hydrogen-bond acceptors (Lipinski definition) is 2. The van der Waals surface area contributed by atoms with E-state index < -0.39 is 0 Å². The molecule has 0 saturated heterocycles. The van der Waals surface area contributed by atoms with E-state index in [2.05, 4.69) is 18.3 Å². The molecule has 2 atom stereocenters. The number of rotatable bonds is 5. The zero-order chi connectivity index (χ0) is 13.7. The van der Waals surface area contributed by atoms with Crippen LogP contribution in [0.25, 0.3) is 0 Å². The summed E-state index contributed by atoms with van der Waals surface area (Å²) in [6.45, 7) is 4.75. The molecule has 0 bridgehead atoms. The van der Waals surface area contributed by atoms with Crippen molar-refractivity contribution >= 4 is 5.91 Å². The second kappa shape index (κ2) is 6.40. The van der Waals surface area contributed by atoms with E-state index in [1.165, 1.54) is 5.56 Å². The van der Waals surface area contributed by atoms with Gasteiger partial charge in [0.2, 0.25) is 0 Å². The molecule has 0 spiro atoms. The lowest BCUT2D eigenvalue weighted by atomic mass is 10.1. The molecule has 1 rings (SSSR count). The third-order valence-corrected chi connectivity index (χ3v) is 3.28. The van der Waals surface area contributed by atoms with Crippen LogP contribution in [0.2, 0.25) is 0 Å². The first-order valence-electron chi connectivity index (χ1n) is 6.17. The van der Waals surface area contributed by atoms with E-state index in [4.69, 9.17) is 4.74 Å². The molecule has 0 aliphatic rings. The number of quaternary nitrogens is 1. The van der Waals surface area contributed by atoms with Gasteiger partial charge in [0.25, 0.3) is 5.91 Å². The second-order valence-electron chi connectivity index (χ2n) is 4.67. The second-order valence-corrected chi connectivity index (χ2v) is 4.67. The lowest BCUT2D eigenvalue weighted by Crippen LogP contribution is -3.12. The minimum atomic E-state index is -0.0831. The SMILES string of the molecule is CNC(=O)[C@H](C)[NH+](C)Cc1cc(C)ccc1OC. The van der Waals surface area contributed by atoms with Crippen molar-refractivity contribution in [2.45, 2.75) is 26.4 Å². The van der Waals surface area contributed by atoms with Gasteiger partial charge in [-0.05, 0) is 26.0 Å². The third kappa shape index (κ3) is 3.47. The van der Waals surface area contributed by atoms with Crippen LogP contribution in [0.5, 0.6) is 5.75 Å². The van der Waals surface area contributed by atoms with Crippen LogP contribution in [-0.4, -0.2) is 33.2 Å². The highest BCUT2D eigenvalue weighted by Crippen LogP contribution is 2.18. The average molecular weight is 251 g/mol. The molecule has 0 aromatic heterocycles. The number of ether oxygens (including phenoxy) is 1. The average Bonchev–Trinajstić information content (AvgIpc) is 2.37. The molecule has 2 N–H and O–H groups in total. The number of likely N-dealkylation sites (N-methyl/N-ethyl adjacent to an activating group) is 2. The van der Waals surface area contributed by atoms with E-state index in [-0.39, 0.29) is 11.9 Å². The molecular formula is C14H23N2O2+. The quantitative estimate of drug-likeness (QED) is 0.782. The van der Waals surface area contributed by atoms with Gasteiger partial charge in [0, 0.05) is 12.6 Å². The summed E-state index contributed by atoms with van der Waals surface area (Å²) in [6, 6.07) is 6.03. The number of amides is 1. The molecule has 100 valence electrons. The van der Waals surface area contributed by atoms with Crippen LogP contribution in [0.4, 0.5) is 0 Å². The Balaban J connectivity index is 2.83. The predicted octanol–water partition coefficient (Wildman–Crippen LogP) is 0.153. The molecule has 1 amide bonds. The molecule has 18 heavy (non-hydrogen) atoms. The lowest BCUT2D eigenvalue weighted by molar-refractivity contribution is -0.908. The van der Waals surface area contributed by atoms with Gasteiger partial charge in [-0.3, -0.25) is 4.79 Å². The van der Waals surface area contributed by atoms with Gasteiger partial charge in [-0.15, -0.1) is 0 Å². The van der Waals surface area contributed by atoms with Crippen LogP contribution in [0.1, 0.15) is 18.1 Å². The number of hydrogen-bond donors (Lipinski definition) is 2. The first-order chi connectivity index (χ1) is 8.49. The largest absolute Gasteiger partial charge is 0.496 e. The monoisotopic (exact) mass is 251 g/mol. The molecule has 0 radical (unpaired) electrons. The normalized spacial score (nSPS) is 13.8. The van der Waals surface area contributed by atoms with E-state index >= 15 is 0 Å². The summed E-state index contributed by atoms with van der Waals surface area (Å²) in [5, 5.41) is 2.68. The molecule has 4 nitrogen and oxygen atoms in total. The molecule has 1 unspecified atom stereocenters. The number of nitrogens with one attached hydrogen (secondary N) is 2. The molecular weight excluding hydrogens is 228 g/mol. The van der Waals surface area contributed by atoms with E-state index in [1.54, 1.807) is 14.2 Å². The molecule has 0 aliphatic carbocycles. The van der Waals surface area contributed by atoms with E-state index in [9.17, 15) is 4.79 Å². The summed E-state index contributed by atoms with van der Waals surface area (Å²) in [4.78, 5) is 12.7. The Labute approximate surface area is 109 Å². The first kappa shape index (κ1) is 14.5. The Morgan fingerprint density at radius 3 is 2.72 bits per heavy atom. The van der Waals surface area contributed by atoms with Crippen LogP contribution in [0, 0.1) is 6.92 Å². The Kier molecular flexibility index (Phi) is 5.16. The topological polar surface area (TPSA) is 42.8 Å². The van der Waals surface area contributed by atoms with Gasteiger partial charge in [0.15, 0.2) is 6.04 Å². The maximum Gasteiger partial charge on any atom is 0.277 e. The summed E-state index contributed by atoms with van der Waals surface area (Å²) < 4.78 is 5.35. The standard InChI is InChI=1S/C14H22N2O2/c1-10-6-7-13(18-5)12(8-10)9-16(4)11(2)14(17)15-3/h6-8,11H,9H2,1-5H3,(H,15,17)/p+1/t11-/m0/s1. The van der Waals surface area contributed by atoms with Crippen molar-refractivity contribution in [1.82, 2.24) is 5.32 Å². The number of aryl methyl sites for hydroxylation is 1. The summed E-state index contributed by atoms with van der Waals surface area (Å²) in [6.07, 6.45) is 0. The van der Waals surface area contributed by atoms with Crippen molar-refractivity contribution in [1.29, 1.82) is 0 Å². The fourth-order valence-electron chi connectivity index (χ4n) is 1.94. The van der Waals surface area contributed by atoms with Gasteiger partial charge in [0.1, 0.15) is 12.3 Å². The van der Waals surface area contributed by atoms with Gasteiger partial charge in [-0.2, -0.15) is 0 Å². The van der Waals surface area contributed by atoms with Gasteiger partial charge < -0.3 is 15.0 Å². The number of methoxy groups -OCH3 is 1. The zero-order valence-corrected chi connectivity index (χ0v) is 11.8. The van der Waals surface area contributed by atoms with Gasteiger partial charge in [-0.1, -0.05) is 11.6 Å². The highest BCUT2D eigenvalue weighted by molar-refractivity contribution is 5.79. The molecule has 0 heterocycles. The predicted molar refractivity (Wildman–Crippen MR) is 71.9 cm³/mol. The highest BCUT2D eigenvalue weighted by atomic mass is 16.5. The smallest absolute Gasteiger partial charge is 0.277 e. The molecule has 4 heteroatoms. The van der Waals surface area contributed by atoms with Gasteiger partial charge >= 0.3 is 0 Å².